The quantitative estimate of drug-likeness (QED) is 0.134. The summed E-state index contributed by atoms with van der Waals surface area (Å²) in [5.41, 5.74) is 39.1. The Balaban J connectivity index is 0.000000130. The number of hydrogen-bond acceptors (Lipinski definition) is 6. The average molecular weight is 2120 g/mol. The van der Waals surface area contributed by atoms with Crippen molar-refractivity contribution in [1.82, 2.24) is 29.9 Å². The van der Waals surface area contributed by atoms with Gasteiger partial charge >= 0.3 is 0 Å². The first-order chi connectivity index (χ1) is 58.5. The van der Waals surface area contributed by atoms with Crippen LogP contribution in [0.1, 0.15) is 92.0 Å². The van der Waals surface area contributed by atoms with Crippen LogP contribution in [0.3, 0.4) is 0 Å². The molecule has 0 fully saturated rings. The largest absolute Gasteiger partial charge is 0.305 e. The van der Waals surface area contributed by atoms with Gasteiger partial charge in [0.05, 0.1) is 0 Å². The molecule has 0 saturated heterocycles. The zero-order valence-corrected chi connectivity index (χ0v) is 77.2. The van der Waals surface area contributed by atoms with Crippen molar-refractivity contribution in [3.63, 3.8) is 0 Å². The fourth-order valence-corrected chi connectivity index (χ4v) is 16.5. The minimum Gasteiger partial charge on any atom is -0.305 e. The molecule has 123 heavy (non-hydrogen) atoms. The van der Waals surface area contributed by atoms with E-state index in [1.165, 1.54) is 100 Å². The van der Waals surface area contributed by atoms with E-state index in [-0.39, 0.29) is 76.6 Å². The third-order valence-electron chi connectivity index (χ3n) is 22.6. The van der Waals surface area contributed by atoms with Gasteiger partial charge in [-0.3, -0.25) is 0 Å². The molecule has 6 heterocycles. The van der Waals surface area contributed by atoms with Crippen LogP contribution in [0.25, 0.3) is 134 Å². The molecule has 609 valence electrons. The van der Waals surface area contributed by atoms with Crippen molar-refractivity contribution in [3.8, 4) is 134 Å². The topological polar surface area (TPSA) is 77.3 Å². The fraction of sp³-hybridized carbons (Fsp3) is 0.105. The van der Waals surface area contributed by atoms with Gasteiger partial charge in [0.1, 0.15) is 0 Å². The predicted molar refractivity (Wildman–Crippen MR) is 494 cm³/mol. The zero-order chi connectivity index (χ0) is 82.6. The standard InChI is InChI=1S/3C26H20N.3C12H10N.3Ir/c1-26(2)23-14-4-3-11-21(23)22-13-8-12-20(25(22)26)18-9-7-10-19(17-18)24-15-5-6-16-27-24;1-26(2)23-11-4-3-10-21(23)22-14-13-19(17-24(22)26)18-8-7-9-20(16-18)25-12-5-6-15-27-25;1-26(2)23-8-4-3-7-21(23)22-15-14-20(17-24(22)26)18-10-12-19(13-11-18)25-9-5-6-16-27-25;3*1-10-6-5-9-12(13-10)11-7-3-2-4-8-11;;;/h3-9,11-17H,1-2H3;3-8,10-17H,1-2H3;3-12,14-17H,1-2H3;3*2-7,9H,1H3;;;/q6*-1;;;. The number of benzene rings is 12. The van der Waals surface area contributed by atoms with Crippen LogP contribution in [-0.4, -0.2) is 29.9 Å². The number of aryl methyl sites for hydroxylation is 3. The van der Waals surface area contributed by atoms with E-state index in [2.05, 4.69) is 278 Å². The van der Waals surface area contributed by atoms with Crippen molar-refractivity contribution in [2.24, 2.45) is 0 Å². The molecule has 0 bridgehead atoms. The molecule has 9 heteroatoms. The van der Waals surface area contributed by atoms with Crippen molar-refractivity contribution in [2.45, 2.75) is 78.6 Å². The van der Waals surface area contributed by atoms with Gasteiger partial charge in [0.2, 0.25) is 0 Å². The Morgan fingerprint density at radius 3 is 0.935 bits per heavy atom. The van der Waals surface area contributed by atoms with Gasteiger partial charge < -0.3 is 29.9 Å². The van der Waals surface area contributed by atoms with Crippen LogP contribution < -0.4 is 0 Å². The summed E-state index contributed by atoms with van der Waals surface area (Å²) in [4.78, 5) is 26.6. The molecule has 12 aromatic carbocycles. The summed E-state index contributed by atoms with van der Waals surface area (Å²) in [7, 11) is 0. The molecule has 18 aromatic rings. The monoisotopic (exact) mass is 2120 g/mol. The first kappa shape index (κ1) is 88.3. The fourth-order valence-electron chi connectivity index (χ4n) is 16.5. The summed E-state index contributed by atoms with van der Waals surface area (Å²) in [6.45, 7) is 19.9. The maximum Gasteiger partial charge on any atom is 0.0266 e. The van der Waals surface area contributed by atoms with Gasteiger partial charge in [-0.2, -0.15) is 0 Å². The van der Waals surface area contributed by atoms with Crippen molar-refractivity contribution < 1.29 is 60.3 Å². The molecule has 3 radical (unpaired) electrons. The van der Waals surface area contributed by atoms with E-state index in [4.69, 9.17) is 0 Å². The second-order valence-electron chi connectivity index (χ2n) is 31.7. The third-order valence-corrected chi connectivity index (χ3v) is 22.6. The van der Waals surface area contributed by atoms with E-state index in [1.807, 2.05) is 233 Å². The Kier molecular flexibility index (Phi) is 28.7. The van der Waals surface area contributed by atoms with Gasteiger partial charge in [0.25, 0.3) is 0 Å². The number of rotatable bonds is 9. The van der Waals surface area contributed by atoms with E-state index in [0.717, 1.165) is 84.6 Å². The van der Waals surface area contributed by atoms with Gasteiger partial charge in [-0.05, 0) is 169 Å². The minimum atomic E-state index is -0.0206. The smallest absolute Gasteiger partial charge is 0.0266 e. The van der Waals surface area contributed by atoms with Crippen LogP contribution in [-0.2, 0) is 76.6 Å². The molecule has 0 saturated carbocycles. The molecule has 3 aliphatic carbocycles. The molecule has 6 aromatic heterocycles. The minimum absolute atomic E-state index is 0. The summed E-state index contributed by atoms with van der Waals surface area (Å²) in [5, 5.41) is 0. The summed E-state index contributed by atoms with van der Waals surface area (Å²) >= 11 is 0. The maximum absolute atomic E-state index is 4.49. The van der Waals surface area contributed by atoms with Gasteiger partial charge in [-0.15, -0.1) is 208 Å². The molecule has 0 unspecified atom stereocenters. The Morgan fingerprint density at radius 2 is 0.528 bits per heavy atom. The van der Waals surface area contributed by atoms with Crippen LogP contribution in [0, 0.1) is 57.2 Å². The van der Waals surface area contributed by atoms with Crippen molar-refractivity contribution in [2.75, 3.05) is 0 Å². The molecule has 0 amide bonds. The van der Waals surface area contributed by atoms with Gasteiger partial charge in [0, 0.05) is 112 Å². The number of nitrogens with zero attached hydrogens (tertiary/aromatic N) is 6. The Bertz CT molecular complexity index is 6390. The van der Waals surface area contributed by atoms with E-state index in [9.17, 15) is 0 Å². The molecule has 21 rings (SSSR count). The van der Waals surface area contributed by atoms with Crippen LogP contribution in [0.4, 0.5) is 0 Å². The van der Waals surface area contributed by atoms with E-state index in [0.29, 0.717) is 0 Å². The number of aromatic nitrogens is 6. The molecular weight excluding hydrogens is 2030 g/mol. The van der Waals surface area contributed by atoms with Crippen LogP contribution in [0.5, 0.6) is 0 Å². The van der Waals surface area contributed by atoms with Crippen molar-refractivity contribution in [3.05, 3.63) is 469 Å². The molecule has 6 nitrogen and oxygen atoms in total. The molecular formula is C114H90Ir3N6-6. The molecule has 0 N–H and O–H groups in total. The molecule has 0 atom stereocenters. The second-order valence-corrected chi connectivity index (χ2v) is 31.7. The SMILES string of the molecule is CC1(C)c2ccccc2-c2ccc(-c3c[c-]c(-c4ccccn4)cc3)cc21.CC1(C)c2ccccc2-c2ccc(-c3cc[c-]c(-c4ccccn4)c3)cc21.CC1(C)c2ccccc2-c2cccc(-c3cc[c-]c(-c4ccccn4)c3)c21.Cc1cccc(-c2[c-]cccc2)n1.Cc1cccc(-c2[c-]cccc2)n1.Cc1cccc(-c2[c-]cccc2)n1.[Ir].[Ir].[Ir]. The van der Waals surface area contributed by atoms with Gasteiger partial charge in [-0.1, -0.05) is 253 Å². The van der Waals surface area contributed by atoms with Gasteiger partial charge in [-0.25, -0.2) is 0 Å². The van der Waals surface area contributed by atoms with Crippen molar-refractivity contribution in [1.29, 1.82) is 0 Å². The summed E-state index contributed by atoms with van der Waals surface area (Å²) in [6.07, 6.45) is 5.47. The normalized spacial score (nSPS) is 12.3. The Hall–Kier alpha value is -12.5. The number of hydrogen-bond donors (Lipinski definition) is 0. The average Bonchev–Trinajstić information content (AvgIpc) is 1.58. The Morgan fingerprint density at radius 1 is 0.211 bits per heavy atom. The van der Waals surface area contributed by atoms with Crippen LogP contribution >= 0.6 is 0 Å². The second kappa shape index (κ2) is 40.0. The maximum atomic E-state index is 4.49. The molecule has 0 aliphatic heterocycles. The first-order valence-electron chi connectivity index (χ1n) is 40.8. The van der Waals surface area contributed by atoms with Crippen LogP contribution in [0.15, 0.2) is 383 Å². The predicted octanol–water partition coefficient (Wildman–Crippen LogP) is 28.1. The summed E-state index contributed by atoms with van der Waals surface area (Å²) in [6, 6.07) is 145. The number of pyridine rings is 6. The van der Waals surface area contributed by atoms with E-state index in [1.54, 1.807) is 0 Å². The molecule has 0 spiro atoms. The van der Waals surface area contributed by atoms with Gasteiger partial charge in [0.15, 0.2) is 0 Å². The Labute approximate surface area is 766 Å². The van der Waals surface area contributed by atoms with E-state index < -0.39 is 0 Å². The summed E-state index contributed by atoms with van der Waals surface area (Å²) < 4.78 is 0. The summed E-state index contributed by atoms with van der Waals surface area (Å²) in [5.74, 6) is 0. The van der Waals surface area contributed by atoms with Crippen LogP contribution in [0.2, 0.25) is 0 Å². The molecule has 3 aliphatic rings. The number of fused-ring (bicyclic) bond motifs is 9. The first-order valence-corrected chi connectivity index (χ1v) is 40.8. The van der Waals surface area contributed by atoms with Crippen molar-refractivity contribution >= 4 is 0 Å². The third kappa shape index (κ3) is 19.8. The van der Waals surface area contributed by atoms with E-state index >= 15 is 0 Å². The zero-order valence-electron chi connectivity index (χ0n) is 70.1.